The summed E-state index contributed by atoms with van der Waals surface area (Å²) in [7, 11) is 0. The number of halogens is 1. The lowest BCUT2D eigenvalue weighted by molar-refractivity contribution is 0.297. The molecule has 1 aromatic rings. The number of nitrogens with one attached hydrogen (secondary N) is 1. The Balaban J connectivity index is 0.00000361. The maximum absolute atomic E-state index is 5.88. The standard InChI is InChI=1S/C15H26N4.HI/c1-4-10-19(5-2)11-9-17-15(16)18-14-8-6-7-13(3)12-14;/h6-8,12H,4-5,9-11H2,1-3H3,(H3,16,17,18);1H. The molecule has 0 aliphatic rings. The van der Waals surface area contributed by atoms with Crippen molar-refractivity contribution in [2.45, 2.75) is 27.2 Å². The molecule has 0 saturated heterocycles. The maximum atomic E-state index is 5.88. The fraction of sp³-hybridized carbons (Fsp3) is 0.533. The van der Waals surface area contributed by atoms with E-state index in [0.717, 1.165) is 31.9 Å². The molecular weight excluding hydrogens is 363 g/mol. The first kappa shape index (κ1) is 19.2. The first-order valence-electron chi connectivity index (χ1n) is 7.01. The van der Waals surface area contributed by atoms with Gasteiger partial charge in [-0.1, -0.05) is 26.0 Å². The quantitative estimate of drug-likeness (QED) is 0.428. The van der Waals surface area contributed by atoms with Gasteiger partial charge >= 0.3 is 0 Å². The molecule has 0 heterocycles. The summed E-state index contributed by atoms with van der Waals surface area (Å²) in [5, 5.41) is 3.12. The van der Waals surface area contributed by atoms with Gasteiger partial charge in [0.05, 0.1) is 6.54 Å². The van der Waals surface area contributed by atoms with E-state index in [2.05, 4.69) is 48.1 Å². The highest BCUT2D eigenvalue weighted by molar-refractivity contribution is 14.0. The number of aryl methyl sites for hydroxylation is 1. The van der Waals surface area contributed by atoms with Crippen molar-refractivity contribution < 1.29 is 0 Å². The molecule has 114 valence electrons. The van der Waals surface area contributed by atoms with Crippen molar-refractivity contribution in [1.29, 1.82) is 0 Å². The summed E-state index contributed by atoms with van der Waals surface area (Å²) in [6.45, 7) is 10.3. The van der Waals surface area contributed by atoms with Crippen LogP contribution in [0.4, 0.5) is 5.69 Å². The molecule has 0 spiro atoms. The highest BCUT2D eigenvalue weighted by Crippen LogP contribution is 2.08. The second kappa shape index (κ2) is 10.9. The van der Waals surface area contributed by atoms with Crippen LogP contribution in [0.25, 0.3) is 0 Å². The van der Waals surface area contributed by atoms with Crippen LogP contribution in [-0.2, 0) is 0 Å². The van der Waals surface area contributed by atoms with Crippen LogP contribution >= 0.6 is 24.0 Å². The lowest BCUT2D eigenvalue weighted by atomic mass is 10.2. The van der Waals surface area contributed by atoms with Gasteiger partial charge in [0.2, 0.25) is 0 Å². The molecule has 3 N–H and O–H groups in total. The normalized spacial score (nSPS) is 11.3. The van der Waals surface area contributed by atoms with Gasteiger partial charge in [-0.25, -0.2) is 0 Å². The van der Waals surface area contributed by atoms with E-state index in [1.54, 1.807) is 0 Å². The van der Waals surface area contributed by atoms with E-state index in [1.165, 1.54) is 12.0 Å². The summed E-state index contributed by atoms with van der Waals surface area (Å²) >= 11 is 0. The molecule has 0 aliphatic carbocycles. The zero-order valence-corrected chi connectivity index (χ0v) is 15.1. The maximum Gasteiger partial charge on any atom is 0.193 e. The number of aliphatic imine (C=N–C) groups is 1. The fourth-order valence-electron chi connectivity index (χ4n) is 1.97. The van der Waals surface area contributed by atoms with E-state index in [0.29, 0.717) is 5.96 Å². The van der Waals surface area contributed by atoms with Gasteiger partial charge in [0.25, 0.3) is 0 Å². The minimum Gasteiger partial charge on any atom is -0.370 e. The fourth-order valence-corrected chi connectivity index (χ4v) is 1.97. The predicted molar refractivity (Wildman–Crippen MR) is 99.1 cm³/mol. The summed E-state index contributed by atoms with van der Waals surface area (Å²) in [6, 6.07) is 8.11. The molecule has 0 radical (unpaired) electrons. The van der Waals surface area contributed by atoms with Crippen LogP contribution in [0, 0.1) is 6.92 Å². The Labute approximate surface area is 139 Å². The number of nitrogens with two attached hydrogens (primary N) is 1. The van der Waals surface area contributed by atoms with Crippen molar-refractivity contribution in [2.24, 2.45) is 10.7 Å². The number of nitrogens with zero attached hydrogens (tertiary/aromatic N) is 2. The number of hydrogen-bond acceptors (Lipinski definition) is 2. The van der Waals surface area contributed by atoms with Crippen molar-refractivity contribution in [1.82, 2.24) is 4.90 Å². The summed E-state index contributed by atoms with van der Waals surface area (Å²) in [5.41, 5.74) is 8.07. The second-order valence-corrected chi connectivity index (χ2v) is 4.70. The number of hydrogen-bond donors (Lipinski definition) is 2. The average Bonchev–Trinajstić information content (AvgIpc) is 2.37. The van der Waals surface area contributed by atoms with Gasteiger partial charge in [-0.05, 0) is 44.1 Å². The molecule has 1 aromatic carbocycles. The molecular formula is C15H27IN4. The summed E-state index contributed by atoms with van der Waals surface area (Å²) in [4.78, 5) is 6.74. The monoisotopic (exact) mass is 390 g/mol. The van der Waals surface area contributed by atoms with Crippen molar-refractivity contribution in [3.63, 3.8) is 0 Å². The average molecular weight is 390 g/mol. The van der Waals surface area contributed by atoms with Crippen LogP contribution in [0.5, 0.6) is 0 Å². The number of guanidine groups is 1. The van der Waals surface area contributed by atoms with Gasteiger partial charge in [-0.3, -0.25) is 4.99 Å². The van der Waals surface area contributed by atoms with Crippen LogP contribution in [0.15, 0.2) is 29.3 Å². The van der Waals surface area contributed by atoms with Gasteiger partial charge in [0, 0.05) is 12.2 Å². The van der Waals surface area contributed by atoms with Gasteiger partial charge < -0.3 is 16.0 Å². The van der Waals surface area contributed by atoms with E-state index >= 15 is 0 Å². The Hall–Kier alpha value is -0.820. The number of anilines is 1. The Bertz CT molecular complexity index is 407. The van der Waals surface area contributed by atoms with Gasteiger partial charge in [-0.2, -0.15) is 0 Å². The topological polar surface area (TPSA) is 53.6 Å². The Kier molecular flexibility index (Phi) is 10.5. The van der Waals surface area contributed by atoms with Crippen LogP contribution in [0.1, 0.15) is 25.8 Å². The van der Waals surface area contributed by atoms with Crippen LogP contribution in [-0.4, -0.2) is 37.0 Å². The third-order valence-electron chi connectivity index (χ3n) is 2.98. The smallest absolute Gasteiger partial charge is 0.193 e. The van der Waals surface area contributed by atoms with E-state index in [4.69, 9.17) is 5.73 Å². The highest BCUT2D eigenvalue weighted by Gasteiger charge is 2.00. The Morgan fingerprint density at radius 2 is 2.05 bits per heavy atom. The van der Waals surface area contributed by atoms with Crippen LogP contribution in [0.3, 0.4) is 0 Å². The second-order valence-electron chi connectivity index (χ2n) is 4.70. The predicted octanol–water partition coefficient (Wildman–Crippen LogP) is 3.07. The SMILES string of the molecule is CCCN(CC)CCN=C(N)Nc1cccc(C)c1.I. The number of rotatable bonds is 7. The van der Waals surface area contributed by atoms with E-state index < -0.39 is 0 Å². The molecule has 0 unspecified atom stereocenters. The van der Waals surface area contributed by atoms with Gasteiger partial charge in [0.1, 0.15) is 0 Å². The molecule has 4 nitrogen and oxygen atoms in total. The van der Waals surface area contributed by atoms with E-state index in [1.807, 2.05) is 12.1 Å². The minimum absolute atomic E-state index is 0. The van der Waals surface area contributed by atoms with Crippen LogP contribution < -0.4 is 11.1 Å². The molecule has 0 atom stereocenters. The van der Waals surface area contributed by atoms with Gasteiger partial charge in [0.15, 0.2) is 5.96 Å². The molecule has 20 heavy (non-hydrogen) atoms. The largest absolute Gasteiger partial charge is 0.370 e. The van der Waals surface area contributed by atoms with Gasteiger partial charge in [-0.15, -0.1) is 24.0 Å². The summed E-state index contributed by atoms with van der Waals surface area (Å²) in [5.74, 6) is 0.484. The molecule has 0 amide bonds. The molecule has 0 saturated carbocycles. The number of likely N-dealkylation sites (N-methyl/N-ethyl adjacent to an activating group) is 1. The molecule has 0 aromatic heterocycles. The van der Waals surface area contributed by atoms with Crippen molar-refractivity contribution in [3.8, 4) is 0 Å². The first-order valence-corrected chi connectivity index (χ1v) is 7.01. The molecule has 5 heteroatoms. The minimum atomic E-state index is 0. The zero-order chi connectivity index (χ0) is 14.1. The van der Waals surface area contributed by atoms with Crippen molar-refractivity contribution in [3.05, 3.63) is 29.8 Å². The first-order chi connectivity index (χ1) is 9.15. The van der Waals surface area contributed by atoms with E-state index in [-0.39, 0.29) is 24.0 Å². The molecule has 0 aliphatic heterocycles. The summed E-state index contributed by atoms with van der Waals surface area (Å²) in [6.07, 6.45) is 1.18. The van der Waals surface area contributed by atoms with E-state index in [9.17, 15) is 0 Å². The Morgan fingerprint density at radius 1 is 1.30 bits per heavy atom. The third-order valence-corrected chi connectivity index (χ3v) is 2.98. The summed E-state index contributed by atoms with van der Waals surface area (Å²) < 4.78 is 0. The molecule has 1 rings (SSSR count). The van der Waals surface area contributed by atoms with Crippen LogP contribution in [0.2, 0.25) is 0 Å². The highest BCUT2D eigenvalue weighted by atomic mass is 127. The lowest BCUT2D eigenvalue weighted by Gasteiger charge is -2.18. The Morgan fingerprint density at radius 3 is 2.65 bits per heavy atom. The van der Waals surface area contributed by atoms with Crippen molar-refractivity contribution in [2.75, 3.05) is 31.5 Å². The zero-order valence-electron chi connectivity index (χ0n) is 12.7. The lowest BCUT2D eigenvalue weighted by Crippen LogP contribution is -2.29. The molecule has 0 bridgehead atoms. The molecule has 0 fully saturated rings. The third kappa shape index (κ3) is 7.69. The number of benzene rings is 1. The van der Waals surface area contributed by atoms with Crippen molar-refractivity contribution >= 4 is 35.6 Å².